The molecule has 3 amide bonds. The number of nitrogens with zero attached hydrogens (tertiary/aromatic N) is 1. The molecule has 0 radical (unpaired) electrons. The number of hydrogen-bond acceptors (Lipinski definition) is 3. The number of amides is 3. The Morgan fingerprint density at radius 3 is 2.86 bits per heavy atom. The number of anilines is 1. The molecule has 2 heterocycles. The zero-order valence-electron chi connectivity index (χ0n) is 16.1. The highest BCUT2D eigenvalue weighted by molar-refractivity contribution is 5.91. The van der Waals surface area contributed by atoms with Crippen molar-refractivity contribution in [2.24, 2.45) is 0 Å². The third-order valence-electron chi connectivity index (χ3n) is 5.16. The molecule has 0 aliphatic carbocycles. The van der Waals surface area contributed by atoms with Crippen LogP contribution in [0.2, 0.25) is 0 Å². The van der Waals surface area contributed by atoms with Crippen molar-refractivity contribution in [3.05, 3.63) is 59.8 Å². The van der Waals surface area contributed by atoms with Gasteiger partial charge in [-0.3, -0.25) is 4.79 Å². The molecule has 0 saturated carbocycles. The lowest BCUT2D eigenvalue weighted by Crippen LogP contribution is -2.43. The zero-order valence-corrected chi connectivity index (χ0v) is 16.1. The molecule has 7 nitrogen and oxygen atoms in total. The Morgan fingerprint density at radius 2 is 2.00 bits per heavy atom. The summed E-state index contributed by atoms with van der Waals surface area (Å²) in [5, 5.41) is 16.3. The summed E-state index contributed by atoms with van der Waals surface area (Å²) in [7, 11) is 0. The van der Waals surface area contributed by atoms with E-state index in [9.17, 15) is 14.7 Å². The summed E-state index contributed by atoms with van der Waals surface area (Å²) < 4.78 is 0. The third kappa shape index (κ3) is 4.34. The van der Waals surface area contributed by atoms with Crippen molar-refractivity contribution in [2.45, 2.75) is 25.8 Å². The predicted molar refractivity (Wildman–Crippen MR) is 112 cm³/mol. The van der Waals surface area contributed by atoms with Gasteiger partial charge < -0.3 is 25.6 Å². The molecule has 1 aliphatic rings. The van der Waals surface area contributed by atoms with Gasteiger partial charge in [0.2, 0.25) is 5.91 Å². The number of phenols is 1. The molecule has 3 aromatic rings. The van der Waals surface area contributed by atoms with E-state index in [0.717, 1.165) is 17.6 Å². The van der Waals surface area contributed by atoms with Gasteiger partial charge >= 0.3 is 6.03 Å². The Labute approximate surface area is 168 Å². The summed E-state index contributed by atoms with van der Waals surface area (Å²) >= 11 is 0. The number of H-pyrrole nitrogens is 1. The van der Waals surface area contributed by atoms with Crippen molar-refractivity contribution in [1.82, 2.24) is 15.2 Å². The van der Waals surface area contributed by atoms with Gasteiger partial charge in [0, 0.05) is 47.9 Å². The number of rotatable bonds is 5. The lowest BCUT2D eigenvalue weighted by Gasteiger charge is -2.27. The first kappa shape index (κ1) is 18.9. The summed E-state index contributed by atoms with van der Waals surface area (Å²) in [4.78, 5) is 29.7. The van der Waals surface area contributed by atoms with Gasteiger partial charge in [-0.05, 0) is 36.6 Å². The molecule has 4 N–H and O–H groups in total. The van der Waals surface area contributed by atoms with Gasteiger partial charge in [0.05, 0.1) is 6.54 Å². The normalized spacial score (nSPS) is 13.2. The summed E-state index contributed by atoms with van der Waals surface area (Å²) in [5.41, 5.74) is 4.06. The predicted octanol–water partition coefficient (Wildman–Crippen LogP) is 3.36. The fourth-order valence-corrected chi connectivity index (χ4v) is 3.73. The van der Waals surface area contributed by atoms with E-state index in [0.29, 0.717) is 38.2 Å². The largest absolute Gasteiger partial charge is 0.508 e. The Kier molecular flexibility index (Phi) is 5.37. The molecule has 1 aliphatic heterocycles. The van der Waals surface area contributed by atoms with Crippen LogP contribution in [-0.2, 0) is 17.8 Å². The van der Waals surface area contributed by atoms with Gasteiger partial charge in [0.1, 0.15) is 5.75 Å². The smallest absolute Gasteiger partial charge is 0.317 e. The molecule has 7 heteroatoms. The quantitative estimate of drug-likeness (QED) is 0.501. The number of aromatic amines is 1. The zero-order chi connectivity index (χ0) is 20.2. The van der Waals surface area contributed by atoms with Crippen LogP contribution in [0.4, 0.5) is 10.5 Å². The summed E-state index contributed by atoms with van der Waals surface area (Å²) in [6.07, 6.45) is 1.67. The number of carbonyl (C=O) groups is 2. The third-order valence-corrected chi connectivity index (χ3v) is 5.16. The van der Waals surface area contributed by atoms with Crippen LogP contribution in [0.3, 0.4) is 0 Å². The van der Waals surface area contributed by atoms with E-state index >= 15 is 0 Å². The Bertz CT molecular complexity index is 1040. The van der Waals surface area contributed by atoms with Crippen molar-refractivity contribution in [2.75, 3.05) is 18.4 Å². The van der Waals surface area contributed by atoms with Crippen LogP contribution in [0.5, 0.6) is 5.75 Å². The van der Waals surface area contributed by atoms with E-state index in [-0.39, 0.29) is 17.7 Å². The van der Waals surface area contributed by atoms with Gasteiger partial charge in [-0.25, -0.2) is 4.79 Å². The van der Waals surface area contributed by atoms with Gasteiger partial charge in [0.25, 0.3) is 0 Å². The summed E-state index contributed by atoms with van der Waals surface area (Å²) in [6.45, 7) is 1.68. The number of fused-ring (bicyclic) bond motifs is 3. The van der Waals surface area contributed by atoms with Crippen molar-refractivity contribution in [1.29, 1.82) is 0 Å². The highest BCUT2D eigenvalue weighted by atomic mass is 16.3. The first-order valence-corrected chi connectivity index (χ1v) is 9.80. The molecule has 150 valence electrons. The molecule has 0 saturated heterocycles. The van der Waals surface area contributed by atoms with Gasteiger partial charge in [-0.1, -0.05) is 24.3 Å². The number of phenolic OH excluding ortho intramolecular Hbond substituents is 1. The first-order valence-electron chi connectivity index (χ1n) is 9.80. The minimum Gasteiger partial charge on any atom is -0.508 e. The highest BCUT2D eigenvalue weighted by Crippen LogP contribution is 2.27. The number of aromatic hydroxyl groups is 1. The summed E-state index contributed by atoms with van der Waals surface area (Å²) in [5.74, 6) is -0.0414. The molecule has 0 atom stereocenters. The lowest BCUT2D eigenvalue weighted by molar-refractivity contribution is -0.116. The molecule has 0 spiro atoms. The number of nitrogens with one attached hydrogen (secondary N) is 3. The molecule has 4 rings (SSSR count). The maximum atomic E-state index is 12.5. The molecule has 2 aromatic carbocycles. The van der Waals surface area contributed by atoms with Crippen LogP contribution >= 0.6 is 0 Å². The minimum atomic E-state index is -0.148. The minimum absolute atomic E-state index is 0.106. The van der Waals surface area contributed by atoms with E-state index in [2.05, 4.69) is 27.8 Å². The van der Waals surface area contributed by atoms with Gasteiger partial charge in [0.15, 0.2) is 0 Å². The van der Waals surface area contributed by atoms with E-state index in [1.807, 2.05) is 12.1 Å². The average Bonchev–Trinajstić information content (AvgIpc) is 3.09. The second kappa shape index (κ2) is 8.26. The van der Waals surface area contributed by atoms with Crippen molar-refractivity contribution >= 4 is 28.5 Å². The van der Waals surface area contributed by atoms with Crippen LogP contribution in [-0.4, -0.2) is 40.0 Å². The molecule has 0 unspecified atom stereocenters. The monoisotopic (exact) mass is 392 g/mol. The van der Waals surface area contributed by atoms with Crippen LogP contribution in [0.25, 0.3) is 10.9 Å². The fraction of sp³-hybridized carbons (Fsp3) is 0.273. The lowest BCUT2D eigenvalue weighted by atomic mass is 10.0. The van der Waals surface area contributed by atoms with Crippen molar-refractivity contribution < 1.29 is 14.7 Å². The number of carbonyl (C=O) groups excluding carboxylic acids is 2. The molecular weight excluding hydrogens is 368 g/mol. The van der Waals surface area contributed by atoms with E-state index < -0.39 is 0 Å². The number of urea groups is 1. The van der Waals surface area contributed by atoms with Gasteiger partial charge in [-0.15, -0.1) is 0 Å². The summed E-state index contributed by atoms with van der Waals surface area (Å²) in [6, 6.07) is 14.5. The molecule has 0 fully saturated rings. The SMILES string of the molecule is O=C(CCCNC(=O)N1CCc2c([nH]c3ccccc23)C1)Nc1cccc(O)c1. The topological polar surface area (TPSA) is 97.5 Å². The maximum Gasteiger partial charge on any atom is 0.317 e. The molecule has 1 aromatic heterocycles. The number of benzene rings is 2. The second-order valence-electron chi connectivity index (χ2n) is 7.23. The second-order valence-corrected chi connectivity index (χ2v) is 7.23. The maximum absolute atomic E-state index is 12.5. The highest BCUT2D eigenvalue weighted by Gasteiger charge is 2.23. The Hall–Kier alpha value is -3.48. The van der Waals surface area contributed by atoms with Crippen LogP contribution in [0, 0.1) is 0 Å². The standard InChI is InChI=1S/C22H24N4O3/c27-16-6-3-5-15(13-16)24-21(28)9-4-11-23-22(29)26-12-10-18-17-7-1-2-8-19(17)25-20(18)14-26/h1-3,5-8,13,25,27H,4,9-12,14H2,(H,23,29)(H,24,28). The van der Waals surface area contributed by atoms with E-state index in [1.165, 1.54) is 17.0 Å². The fourth-order valence-electron chi connectivity index (χ4n) is 3.73. The average molecular weight is 392 g/mol. The molecular formula is C22H24N4O3. The number of para-hydroxylation sites is 1. The van der Waals surface area contributed by atoms with Gasteiger partial charge in [-0.2, -0.15) is 0 Å². The van der Waals surface area contributed by atoms with Crippen LogP contribution < -0.4 is 10.6 Å². The molecule has 29 heavy (non-hydrogen) atoms. The Balaban J connectivity index is 1.22. The van der Waals surface area contributed by atoms with Crippen molar-refractivity contribution in [3.8, 4) is 5.75 Å². The van der Waals surface area contributed by atoms with Crippen molar-refractivity contribution in [3.63, 3.8) is 0 Å². The first-order chi connectivity index (χ1) is 14.1. The van der Waals surface area contributed by atoms with E-state index in [4.69, 9.17) is 0 Å². The number of hydrogen-bond donors (Lipinski definition) is 4. The van der Waals surface area contributed by atoms with E-state index in [1.54, 1.807) is 23.1 Å². The van der Waals surface area contributed by atoms with Crippen LogP contribution in [0.15, 0.2) is 48.5 Å². The molecule has 0 bridgehead atoms. The number of aromatic nitrogens is 1. The Morgan fingerprint density at radius 1 is 1.14 bits per heavy atom. The van der Waals surface area contributed by atoms with Crippen LogP contribution in [0.1, 0.15) is 24.1 Å².